The third-order valence-corrected chi connectivity index (χ3v) is 3.92. The first-order valence-corrected chi connectivity index (χ1v) is 7.61. The lowest BCUT2D eigenvalue weighted by atomic mass is 10.1. The summed E-state index contributed by atoms with van der Waals surface area (Å²) in [5.41, 5.74) is 0.774. The largest absolute Gasteiger partial charge is 0.435 e. The predicted molar refractivity (Wildman–Crippen MR) is 81.4 cm³/mol. The highest BCUT2D eigenvalue weighted by atomic mass is 19.3. The van der Waals surface area contributed by atoms with E-state index in [1.54, 1.807) is 26.1 Å². The second-order valence-corrected chi connectivity index (χ2v) is 5.90. The molecular weight excluding hydrogens is 306 g/mol. The highest BCUT2D eigenvalue weighted by Crippen LogP contribution is 2.32. The number of nitrogens with zero attached hydrogens (tertiary/aromatic N) is 1. The van der Waals surface area contributed by atoms with Gasteiger partial charge in [0.1, 0.15) is 5.75 Å². The first kappa shape index (κ1) is 17.5. The molecule has 2 rings (SSSR count). The number of aliphatic hydroxyl groups excluding tert-OH is 1. The van der Waals surface area contributed by atoms with E-state index in [2.05, 4.69) is 10.1 Å². The number of amides is 2. The number of benzene rings is 1. The number of hydrogen-bond acceptors (Lipinski definition) is 3. The Balaban J connectivity index is 1.84. The molecule has 2 N–H and O–H groups in total. The third kappa shape index (κ3) is 5.35. The zero-order valence-electron chi connectivity index (χ0n) is 13.2. The molecule has 2 atom stereocenters. The second-order valence-electron chi connectivity index (χ2n) is 5.90. The number of likely N-dealkylation sites (N-methyl/N-ethyl adjacent to an activating group) is 1. The van der Waals surface area contributed by atoms with E-state index in [1.165, 1.54) is 17.0 Å². The number of carbonyl (C=O) groups excluding carboxylic acids is 1. The molecule has 2 unspecified atom stereocenters. The van der Waals surface area contributed by atoms with Gasteiger partial charge in [0.15, 0.2) is 0 Å². The number of nitrogens with one attached hydrogen (secondary N) is 1. The molecule has 1 aromatic rings. The van der Waals surface area contributed by atoms with Crippen LogP contribution >= 0.6 is 0 Å². The molecule has 0 radical (unpaired) electrons. The van der Waals surface area contributed by atoms with Gasteiger partial charge in [0.25, 0.3) is 0 Å². The third-order valence-electron chi connectivity index (χ3n) is 3.92. The van der Waals surface area contributed by atoms with Crippen molar-refractivity contribution in [2.45, 2.75) is 38.5 Å². The van der Waals surface area contributed by atoms with Crippen molar-refractivity contribution in [3.8, 4) is 5.75 Å². The SMILES string of the molecule is CC(NC(=O)N(C)CC(O)C1CC1)c1ccc(OC(F)F)cc1. The van der Waals surface area contributed by atoms with Gasteiger partial charge in [-0.3, -0.25) is 0 Å². The topological polar surface area (TPSA) is 61.8 Å². The zero-order chi connectivity index (χ0) is 17.0. The van der Waals surface area contributed by atoms with Gasteiger partial charge in [-0.05, 0) is 43.4 Å². The molecule has 0 aliphatic heterocycles. The van der Waals surface area contributed by atoms with Gasteiger partial charge in [-0.15, -0.1) is 0 Å². The van der Waals surface area contributed by atoms with Crippen LogP contribution in [0.25, 0.3) is 0 Å². The van der Waals surface area contributed by atoms with Crippen molar-refractivity contribution in [1.29, 1.82) is 0 Å². The summed E-state index contributed by atoms with van der Waals surface area (Å²) in [6.45, 7) is -0.763. The van der Waals surface area contributed by atoms with Crippen molar-refractivity contribution in [2.24, 2.45) is 5.92 Å². The van der Waals surface area contributed by atoms with E-state index in [4.69, 9.17) is 0 Å². The van der Waals surface area contributed by atoms with Gasteiger partial charge < -0.3 is 20.1 Å². The number of carbonyl (C=O) groups is 1. The quantitative estimate of drug-likeness (QED) is 0.809. The van der Waals surface area contributed by atoms with Crippen LogP contribution in [0.5, 0.6) is 5.75 Å². The van der Waals surface area contributed by atoms with Crippen LogP contribution in [0, 0.1) is 5.92 Å². The maximum Gasteiger partial charge on any atom is 0.387 e. The van der Waals surface area contributed by atoms with Crippen molar-refractivity contribution in [1.82, 2.24) is 10.2 Å². The molecule has 2 amide bonds. The standard InChI is InChI=1S/C16H22F2N2O3/c1-10(11-5-7-13(8-6-11)23-15(17)18)19-16(22)20(2)9-14(21)12-3-4-12/h5-8,10,12,14-15,21H,3-4,9H2,1-2H3,(H,19,22). The summed E-state index contributed by atoms with van der Waals surface area (Å²) < 4.78 is 28.5. The first-order chi connectivity index (χ1) is 10.9. The van der Waals surface area contributed by atoms with E-state index >= 15 is 0 Å². The summed E-state index contributed by atoms with van der Waals surface area (Å²) in [4.78, 5) is 13.5. The number of urea groups is 1. The summed E-state index contributed by atoms with van der Waals surface area (Å²) in [5.74, 6) is 0.386. The fourth-order valence-corrected chi connectivity index (χ4v) is 2.31. The molecule has 0 aromatic heterocycles. The molecule has 128 valence electrons. The molecule has 0 saturated heterocycles. The molecule has 1 saturated carbocycles. The van der Waals surface area contributed by atoms with Crippen LogP contribution in [0.4, 0.5) is 13.6 Å². The predicted octanol–water partition coefficient (Wildman–Crippen LogP) is 2.76. The van der Waals surface area contributed by atoms with Crippen LogP contribution in [0.2, 0.25) is 0 Å². The second kappa shape index (κ2) is 7.59. The Morgan fingerprint density at radius 1 is 1.39 bits per heavy atom. The molecule has 1 aromatic carbocycles. The molecule has 1 aliphatic carbocycles. The van der Waals surface area contributed by atoms with Crippen LogP contribution in [0.3, 0.4) is 0 Å². The summed E-state index contributed by atoms with van der Waals surface area (Å²) in [6, 6.07) is 5.55. The Morgan fingerprint density at radius 3 is 2.52 bits per heavy atom. The number of halogens is 2. The molecule has 23 heavy (non-hydrogen) atoms. The maximum absolute atomic E-state index is 12.1. The minimum Gasteiger partial charge on any atom is -0.435 e. The molecule has 1 aliphatic rings. The van der Waals surface area contributed by atoms with E-state index in [-0.39, 0.29) is 17.8 Å². The fraction of sp³-hybridized carbons (Fsp3) is 0.562. The number of aliphatic hydroxyl groups is 1. The lowest BCUT2D eigenvalue weighted by Crippen LogP contribution is -2.42. The van der Waals surface area contributed by atoms with Crippen LogP contribution < -0.4 is 10.1 Å². The van der Waals surface area contributed by atoms with E-state index < -0.39 is 12.7 Å². The summed E-state index contributed by atoms with van der Waals surface area (Å²) in [5, 5.41) is 12.7. The average molecular weight is 328 g/mol. The number of hydrogen-bond donors (Lipinski definition) is 2. The number of alkyl halides is 2. The van der Waals surface area contributed by atoms with E-state index in [0.29, 0.717) is 12.5 Å². The Labute approximate surface area is 134 Å². The van der Waals surface area contributed by atoms with Gasteiger partial charge in [0, 0.05) is 13.6 Å². The van der Waals surface area contributed by atoms with E-state index in [9.17, 15) is 18.7 Å². The van der Waals surface area contributed by atoms with Crippen LogP contribution in [0.15, 0.2) is 24.3 Å². The van der Waals surface area contributed by atoms with Gasteiger partial charge in [0.2, 0.25) is 0 Å². The number of rotatable bonds is 7. The van der Waals surface area contributed by atoms with E-state index in [0.717, 1.165) is 18.4 Å². The summed E-state index contributed by atoms with van der Waals surface area (Å²) in [6.07, 6.45) is 1.55. The molecule has 5 nitrogen and oxygen atoms in total. The minimum atomic E-state index is -2.86. The van der Waals surface area contributed by atoms with E-state index in [1.807, 2.05) is 0 Å². The molecule has 1 fully saturated rings. The highest BCUT2D eigenvalue weighted by Gasteiger charge is 2.31. The number of ether oxygens (including phenoxy) is 1. The van der Waals surface area contributed by atoms with Crippen molar-refractivity contribution >= 4 is 6.03 Å². The molecule has 0 spiro atoms. The Bertz CT molecular complexity index is 521. The minimum absolute atomic E-state index is 0.0759. The molecule has 0 heterocycles. The highest BCUT2D eigenvalue weighted by molar-refractivity contribution is 5.74. The Kier molecular flexibility index (Phi) is 5.76. The lowest BCUT2D eigenvalue weighted by molar-refractivity contribution is -0.0498. The fourth-order valence-electron chi connectivity index (χ4n) is 2.31. The normalized spacial score (nSPS) is 16.8. The van der Waals surface area contributed by atoms with Gasteiger partial charge >= 0.3 is 12.6 Å². The summed E-state index contributed by atoms with van der Waals surface area (Å²) >= 11 is 0. The van der Waals surface area contributed by atoms with Gasteiger partial charge in [-0.2, -0.15) is 8.78 Å². The average Bonchev–Trinajstić information content (AvgIpc) is 3.31. The van der Waals surface area contributed by atoms with Crippen LogP contribution in [-0.4, -0.2) is 42.3 Å². The molecule has 7 heteroatoms. The van der Waals surface area contributed by atoms with Crippen molar-refractivity contribution < 1.29 is 23.4 Å². The van der Waals surface area contributed by atoms with Gasteiger partial charge in [-0.1, -0.05) is 12.1 Å². The lowest BCUT2D eigenvalue weighted by Gasteiger charge is -2.24. The molecular formula is C16H22F2N2O3. The molecule has 0 bridgehead atoms. The monoisotopic (exact) mass is 328 g/mol. The Morgan fingerprint density at radius 2 is 2.00 bits per heavy atom. The van der Waals surface area contributed by atoms with Gasteiger partial charge in [-0.25, -0.2) is 4.79 Å². The maximum atomic E-state index is 12.1. The van der Waals surface area contributed by atoms with Crippen molar-refractivity contribution in [3.63, 3.8) is 0 Å². The van der Waals surface area contributed by atoms with Crippen molar-refractivity contribution in [3.05, 3.63) is 29.8 Å². The Hall–Kier alpha value is -1.89. The van der Waals surface area contributed by atoms with Gasteiger partial charge in [0.05, 0.1) is 12.1 Å². The summed E-state index contributed by atoms with van der Waals surface area (Å²) in [7, 11) is 1.63. The van der Waals surface area contributed by atoms with Crippen LogP contribution in [0.1, 0.15) is 31.4 Å². The zero-order valence-corrected chi connectivity index (χ0v) is 13.2. The smallest absolute Gasteiger partial charge is 0.387 e. The van der Waals surface area contributed by atoms with Crippen molar-refractivity contribution in [2.75, 3.05) is 13.6 Å². The first-order valence-electron chi connectivity index (χ1n) is 7.61. The van der Waals surface area contributed by atoms with Crippen LogP contribution in [-0.2, 0) is 0 Å².